The summed E-state index contributed by atoms with van der Waals surface area (Å²) in [6, 6.07) is 12.7. The fraction of sp³-hybridized carbons (Fsp3) is 0.250. The lowest BCUT2D eigenvalue weighted by Crippen LogP contribution is -2.30. The van der Waals surface area contributed by atoms with Gasteiger partial charge in [-0.3, -0.25) is 4.90 Å². The second-order valence-electron chi connectivity index (χ2n) is 4.93. The van der Waals surface area contributed by atoms with E-state index in [2.05, 4.69) is 20.8 Å². The molecule has 2 aromatic rings. The van der Waals surface area contributed by atoms with Crippen LogP contribution in [0.1, 0.15) is 17.2 Å². The average molecular weight is 372 g/mol. The third-order valence-electron chi connectivity index (χ3n) is 3.46. The van der Waals surface area contributed by atoms with Gasteiger partial charge in [-0.2, -0.15) is 0 Å². The van der Waals surface area contributed by atoms with Gasteiger partial charge in [0.15, 0.2) is 0 Å². The fourth-order valence-electron chi connectivity index (χ4n) is 2.30. The molecule has 0 fully saturated rings. The van der Waals surface area contributed by atoms with E-state index in [9.17, 15) is 4.39 Å². The summed E-state index contributed by atoms with van der Waals surface area (Å²) in [4.78, 5) is 2.07. The third kappa shape index (κ3) is 4.04. The van der Waals surface area contributed by atoms with Crippen molar-refractivity contribution in [1.82, 2.24) is 4.90 Å². The fourth-order valence-corrected chi connectivity index (χ4v) is 2.74. The Bertz CT molecular complexity index is 621. The number of hydrogen-bond donors (Lipinski definition) is 1. The van der Waals surface area contributed by atoms with Gasteiger partial charge in [0.1, 0.15) is 5.82 Å². The number of benzene rings is 2. The average Bonchev–Trinajstić information content (AvgIpc) is 2.46. The molecule has 0 radical (unpaired) electrons. The maximum absolute atomic E-state index is 13.7. The zero-order valence-electron chi connectivity index (χ0n) is 11.7. The van der Waals surface area contributed by atoms with Gasteiger partial charge in [0.25, 0.3) is 0 Å². The van der Waals surface area contributed by atoms with Gasteiger partial charge >= 0.3 is 0 Å². The predicted octanol–water partition coefficient (Wildman–Crippen LogP) is 4.37. The van der Waals surface area contributed by atoms with E-state index in [0.29, 0.717) is 17.6 Å². The van der Waals surface area contributed by atoms with Crippen LogP contribution < -0.4 is 5.73 Å². The smallest absolute Gasteiger partial charge is 0.137 e. The van der Waals surface area contributed by atoms with Gasteiger partial charge in [0.2, 0.25) is 0 Å². The second-order valence-corrected chi connectivity index (χ2v) is 6.19. The Hall–Kier alpha value is -0.940. The molecule has 2 rings (SSSR count). The molecule has 0 aliphatic heterocycles. The number of halogens is 3. The summed E-state index contributed by atoms with van der Waals surface area (Å²) in [6.45, 7) is 1.06. The standard InChI is InChI=1S/C16H17BrClFN2/c1-21(10-12-4-2-3-5-14(12)18)16(9-20)11-6-7-13(17)15(19)8-11/h2-8,16H,9-10,20H2,1H3. The first-order valence-corrected chi connectivity index (χ1v) is 7.78. The number of likely N-dealkylation sites (N-methyl/N-ethyl adjacent to an activating group) is 1. The van der Waals surface area contributed by atoms with E-state index in [1.165, 1.54) is 6.07 Å². The van der Waals surface area contributed by atoms with Crippen LogP contribution in [0.4, 0.5) is 4.39 Å². The van der Waals surface area contributed by atoms with E-state index in [0.717, 1.165) is 16.1 Å². The van der Waals surface area contributed by atoms with Crippen molar-refractivity contribution in [3.63, 3.8) is 0 Å². The molecule has 0 spiro atoms. The van der Waals surface area contributed by atoms with E-state index in [1.807, 2.05) is 37.4 Å². The highest BCUT2D eigenvalue weighted by Gasteiger charge is 2.17. The van der Waals surface area contributed by atoms with Crippen molar-refractivity contribution in [1.29, 1.82) is 0 Å². The monoisotopic (exact) mass is 370 g/mol. The van der Waals surface area contributed by atoms with Gasteiger partial charge in [-0.25, -0.2) is 4.39 Å². The minimum atomic E-state index is -0.280. The first-order valence-electron chi connectivity index (χ1n) is 6.61. The third-order valence-corrected chi connectivity index (χ3v) is 4.47. The van der Waals surface area contributed by atoms with Crippen LogP contribution in [-0.2, 0) is 6.54 Å². The highest BCUT2D eigenvalue weighted by atomic mass is 79.9. The normalized spacial score (nSPS) is 12.7. The maximum atomic E-state index is 13.7. The number of nitrogens with two attached hydrogens (primary N) is 1. The first kappa shape index (κ1) is 16.4. The van der Waals surface area contributed by atoms with Crippen molar-refractivity contribution >= 4 is 27.5 Å². The molecule has 0 heterocycles. The van der Waals surface area contributed by atoms with E-state index in [-0.39, 0.29) is 11.9 Å². The van der Waals surface area contributed by atoms with Crippen molar-refractivity contribution in [2.75, 3.05) is 13.6 Å². The van der Waals surface area contributed by atoms with Crippen molar-refractivity contribution in [2.45, 2.75) is 12.6 Å². The highest BCUT2D eigenvalue weighted by Crippen LogP contribution is 2.26. The van der Waals surface area contributed by atoms with Crippen molar-refractivity contribution < 1.29 is 4.39 Å². The Kier molecular flexibility index (Phi) is 5.76. The van der Waals surface area contributed by atoms with Gasteiger partial charge in [0.05, 0.1) is 4.47 Å². The summed E-state index contributed by atoms with van der Waals surface area (Å²) in [5, 5.41) is 0.724. The molecule has 0 bridgehead atoms. The molecule has 21 heavy (non-hydrogen) atoms. The molecule has 2 aromatic carbocycles. The molecular weight excluding hydrogens is 355 g/mol. The van der Waals surface area contributed by atoms with Gasteiger partial charge in [-0.15, -0.1) is 0 Å². The lowest BCUT2D eigenvalue weighted by atomic mass is 10.0. The van der Waals surface area contributed by atoms with Crippen molar-refractivity contribution in [3.05, 3.63) is 68.9 Å². The lowest BCUT2D eigenvalue weighted by Gasteiger charge is -2.28. The van der Waals surface area contributed by atoms with Crippen LogP contribution in [0.3, 0.4) is 0 Å². The highest BCUT2D eigenvalue weighted by molar-refractivity contribution is 9.10. The SMILES string of the molecule is CN(Cc1ccccc1Cl)C(CN)c1ccc(Br)c(F)c1. The Morgan fingerprint density at radius 2 is 2.00 bits per heavy atom. The summed E-state index contributed by atoms with van der Waals surface area (Å²) < 4.78 is 14.2. The summed E-state index contributed by atoms with van der Waals surface area (Å²) in [6.07, 6.45) is 0. The van der Waals surface area contributed by atoms with Crippen LogP contribution in [0, 0.1) is 5.82 Å². The Balaban J connectivity index is 2.20. The van der Waals surface area contributed by atoms with Crippen LogP contribution in [-0.4, -0.2) is 18.5 Å². The quantitative estimate of drug-likeness (QED) is 0.845. The summed E-state index contributed by atoms with van der Waals surface area (Å²) in [7, 11) is 1.96. The summed E-state index contributed by atoms with van der Waals surface area (Å²) >= 11 is 9.35. The van der Waals surface area contributed by atoms with Gasteiger partial charge in [0, 0.05) is 24.2 Å². The lowest BCUT2D eigenvalue weighted by molar-refractivity contribution is 0.241. The van der Waals surface area contributed by atoms with E-state index in [1.54, 1.807) is 6.07 Å². The first-order chi connectivity index (χ1) is 10.0. The number of rotatable bonds is 5. The van der Waals surface area contributed by atoms with Gasteiger partial charge < -0.3 is 5.73 Å². The maximum Gasteiger partial charge on any atom is 0.137 e. The molecule has 2 nitrogen and oxygen atoms in total. The van der Waals surface area contributed by atoms with Crippen LogP contribution in [0.25, 0.3) is 0 Å². The van der Waals surface area contributed by atoms with Crippen LogP contribution in [0.2, 0.25) is 5.02 Å². The Morgan fingerprint density at radius 3 is 2.62 bits per heavy atom. The van der Waals surface area contributed by atoms with Crippen LogP contribution in [0.5, 0.6) is 0 Å². The predicted molar refractivity (Wildman–Crippen MR) is 88.8 cm³/mol. The molecular formula is C16H17BrClFN2. The minimum absolute atomic E-state index is 0.0659. The summed E-state index contributed by atoms with van der Waals surface area (Å²) in [5.41, 5.74) is 7.76. The number of nitrogens with zero attached hydrogens (tertiary/aromatic N) is 1. The molecule has 1 unspecified atom stereocenters. The molecule has 2 N–H and O–H groups in total. The molecule has 112 valence electrons. The van der Waals surface area contributed by atoms with Crippen molar-refractivity contribution in [2.24, 2.45) is 5.73 Å². The second kappa shape index (κ2) is 7.36. The molecule has 1 atom stereocenters. The van der Waals surface area contributed by atoms with Gasteiger partial charge in [-0.1, -0.05) is 35.9 Å². The molecule has 0 aliphatic rings. The molecule has 0 aromatic heterocycles. The van der Waals surface area contributed by atoms with E-state index >= 15 is 0 Å². The van der Waals surface area contributed by atoms with Crippen LogP contribution in [0.15, 0.2) is 46.9 Å². The zero-order chi connectivity index (χ0) is 15.4. The molecule has 0 amide bonds. The number of hydrogen-bond acceptors (Lipinski definition) is 2. The molecule has 5 heteroatoms. The molecule has 0 aliphatic carbocycles. The Morgan fingerprint density at radius 1 is 1.29 bits per heavy atom. The largest absolute Gasteiger partial charge is 0.329 e. The Labute approximate surface area is 137 Å². The van der Waals surface area contributed by atoms with Gasteiger partial charge in [-0.05, 0) is 52.3 Å². The topological polar surface area (TPSA) is 29.3 Å². The molecule has 0 saturated heterocycles. The van der Waals surface area contributed by atoms with Crippen LogP contribution >= 0.6 is 27.5 Å². The zero-order valence-corrected chi connectivity index (χ0v) is 14.0. The molecule has 0 saturated carbocycles. The van der Waals surface area contributed by atoms with Crippen molar-refractivity contribution in [3.8, 4) is 0 Å². The summed E-state index contributed by atoms with van der Waals surface area (Å²) in [5.74, 6) is -0.280. The van der Waals surface area contributed by atoms with E-state index in [4.69, 9.17) is 17.3 Å². The minimum Gasteiger partial charge on any atom is -0.329 e. The van der Waals surface area contributed by atoms with E-state index < -0.39 is 0 Å².